The summed E-state index contributed by atoms with van der Waals surface area (Å²) in [5.74, 6) is 2.06. The van der Waals surface area contributed by atoms with Crippen molar-refractivity contribution in [3.8, 4) is 11.5 Å². The lowest BCUT2D eigenvalue weighted by Crippen LogP contribution is -2.43. The van der Waals surface area contributed by atoms with E-state index in [0.29, 0.717) is 19.1 Å². The van der Waals surface area contributed by atoms with E-state index in [4.69, 9.17) is 9.47 Å². The lowest BCUT2D eigenvalue weighted by Gasteiger charge is -2.32. The Morgan fingerprint density at radius 1 is 1.27 bits per heavy atom. The number of benzene rings is 1. The third kappa shape index (κ3) is 4.56. The fraction of sp³-hybridized carbons (Fsp3) is 0.500. The van der Waals surface area contributed by atoms with Gasteiger partial charge in [-0.2, -0.15) is 5.10 Å². The number of amides is 1. The van der Waals surface area contributed by atoms with Crippen molar-refractivity contribution in [1.29, 1.82) is 0 Å². The van der Waals surface area contributed by atoms with Crippen LogP contribution in [0.4, 0.5) is 0 Å². The van der Waals surface area contributed by atoms with E-state index in [-0.39, 0.29) is 5.91 Å². The highest BCUT2D eigenvalue weighted by Crippen LogP contribution is 2.22. The van der Waals surface area contributed by atoms with E-state index in [9.17, 15) is 4.79 Å². The van der Waals surface area contributed by atoms with Crippen LogP contribution in [0.25, 0.3) is 0 Å². The van der Waals surface area contributed by atoms with Gasteiger partial charge in [-0.1, -0.05) is 6.07 Å². The van der Waals surface area contributed by atoms with E-state index < -0.39 is 0 Å². The molecule has 0 bridgehead atoms. The Balaban J connectivity index is 1.53. The van der Waals surface area contributed by atoms with E-state index in [1.807, 2.05) is 49.1 Å². The normalized spacial score (nSPS) is 17.2. The van der Waals surface area contributed by atoms with Crippen molar-refractivity contribution in [3.63, 3.8) is 0 Å². The number of nitrogens with zero attached hydrogens (tertiary/aromatic N) is 3. The molecule has 0 saturated carbocycles. The average molecular weight is 357 g/mol. The van der Waals surface area contributed by atoms with Gasteiger partial charge >= 0.3 is 0 Å². The van der Waals surface area contributed by atoms with Gasteiger partial charge in [0.2, 0.25) is 5.91 Å². The van der Waals surface area contributed by atoms with Crippen molar-refractivity contribution in [3.05, 3.63) is 41.7 Å². The molecule has 26 heavy (non-hydrogen) atoms. The van der Waals surface area contributed by atoms with Crippen LogP contribution in [-0.2, 0) is 11.3 Å². The maximum absolute atomic E-state index is 12.6. The molecule has 0 aliphatic carbocycles. The van der Waals surface area contributed by atoms with Gasteiger partial charge in [0.1, 0.15) is 18.0 Å². The van der Waals surface area contributed by atoms with E-state index in [2.05, 4.69) is 5.10 Å². The Morgan fingerprint density at radius 3 is 2.81 bits per heavy atom. The molecule has 1 aliphatic rings. The van der Waals surface area contributed by atoms with Crippen molar-refractivity contribution in [2.75, 3.05) is 26.8 Å². The lowest BCUT2D eigenvalue weighted by atomic mass is 9.99. The molecule has 0 radical (unpaired) electrons. The second kappa shape index (κ2) is 8.25. The molecule has 2 aromatic rings. The van der Waals surface area contributed by atoms with E-state index >= 15 is 0 Å². The molecule has 3 rings (SSSR count). The predicted molar refractivity (Wildman–Crippen MR) is 99.5 cm³/mol. The molecule has 140 valence electrons. The minimum atomic E-state index is 0.127. The van der Waals surface area contributed by atoms with Crippen molar-refractivity contribution in [2.45, 2.75) is 33.2 Å². The third-order valence-corrected chi connectivity index (χ3v) is 4.79. The zero-order valence-electron chi connectivity index (χ0n) is 15.8. The number of hydrogen-bond acceptors (Lipinski definition) is 4. The molecular weight excluding hydrogens is 330 g/mol. The number of carbonyl (C=O) groups excluding carboxylic acids is 1. The molecule has 1 atom stereocenters. The Kier molecular flexibility index (Phi) is 5.81. The van der Waals surface area contributed by atoms with Crippen molar-refractivity contribution in [2.24, 2.45) is 5.92 Å². The van der Waals surface area contributed by atoms with Gasteiger partial charge in [-0.15, -0.1) is 0 Å². The molecule has 2 heterocycles. The third-order valence-electron chi connectivity index (χ3n) is 4.79. The zero-order valence-corrected chi connectivity index (χ0v) is 15.8. The Labute approximate surface area is 154 Å². The zero-order chi connectivity index (χ0) is 18.5. The van der Waals surface area contributed by atoms with Crippen LogP contribution in [0.3, 0.4) is 0 Å². The lowest BCUT2D eigenvalue weighted by molar-refractivity contribution is -0.134. The maximum atomic E-state index is 12.6. The summed E-state index contributed by atoms with van der Waals surface area (Å²) < 4.78 is 12.9. The summed E-state index contributed by atoms with van der Waals surface area (Å²) in [6.07, 6.45) is 2.09. The maximum Gasteiger partial charge on any atom is 0.244 e. The fourth-order valence-electron chi connectivity index (χ4n) is 3.40. The number of carbonyl (C=O) groups is 1. The second-order valence-corrected chi connectivity index (χ2v) is 6.92. The van der Waals surface area contributed by atoms with Crippen LogP contribution in [-0.4, -0.2) is 47.4 Å². The number of aromatic nitrogens is 2. The number of hydrogen-bond donors (Lipinski definition) is 0. The fourth-order valence-corrected chi connectivity index (χ4v) is 3.40. The Morgan fingerprint density at radius 2 is 2.08 bits per heavy atom. The molecule has 1 saturated heterocycles. The monoisotopic (exact) mass is 357 g/mol. The molecule has 1 aliphatic heterocycles. The number of ether oxygens (including phenoxy) is 2. The van der Waals surface area contributed by atoms with Gasteiger partial charge in [0.05, 0.1) is 19.4 Å². The smallest absolute Gasteiger partial charge is 0.244 e. The number of aryl methyl sites for hydroxylation is 2. The summed E-state index contributed by atoms with van der Waals surface area (Å²) in [5, 5.41) is 4.39. The van der Waals surface area contributed by atoms with Gasteiger partial charge in [0, 0.05) is 30.8 Å². The highest BCUT2D eigenvalue weighted by Gasteiger charge is 2.24. The van der Waals surface area contributed by atoms with Crippen LogP contribution in [0.1, 0.15) is 24.2 Å². The van der Waals surface area contributed by atoms with Gasteiger partial charge in [0.25, 0.3) is 0 Å². The number of rotatable bonds is 6. The highest BCUT2D eigenvalue weighted by atomic mass is 16.5. The molecule has 0 spiro atoms. The first kappa shape index (κ1) is 18.3. The molecule has 1 fully saturated rings. The first-order chi connectivity index (χ1) is 12.5. The average Bonchev–Trinajstić information content (AvgIpc) is 2.97. The summed E-state index contributed by atoms with van der Waals surface area (Å²) in [7, 11) is 1.65. The Bertz CT molecular complexity index is 757. The quantitative estimate of drug-likeness (QED) is 0.798. The van der Waals surface area contributed by atoms with Crippen molar-refractivity contribution < 1.29 is 14.3 Å². The molecule has 6 nitrogen and oxygen atoms in total. The van der Waals surface area contributed by atoms with Gasteiger partial charge in [-0.05, 0) is 44.9 Å². The summed E-state index contributed by atoms with van der Waals surface area (Å²) in [6.45, 7) is 6.39. The molecule has 6 heteroatoms. The van der Waals surface area contributed by atoms with Crippen LogP contribution in [0.15, 0.2) is 30.3 Å². The van der Waals surface area contributed by atoms with Crippen LogP contribution < -0.4 is 9.47 Å². The molecule has 1 unspecified atom stereocenters. The van der Waals surface area contributed by atoms with Crippen LogP contribution >= 0.6 is 0 Å². The van der Waals surface area contributed by atoms with Crippen molar-refractivity contribution >= 4 is 5.91 Å². The first-order valence-electron chi connectivity index (χ1n) is 9.11. The minimum Gasteiger partial charge on any atom is -0.497 e. The summed E-state index contributed by atoms with van der Waals surface area (Å²) >= 11 is 0. The molecule has 1 amide bonds. The van der Waals surface area contributed by atoms with Gasteiger partial charge in [-0.25, -0.2) is 0 Å². The van der Waals surface area contributed by atoms with Gasteiger partial charge < -0.3 is 14.4 Å². The molecular formula is C20H27N3O3. The van der Waals surface area contributed by atoms with Crippen LogP contribution in [0.5, 0.6) is 11.5 Å². The van der Waals surface area contributed by atoms with Gasteiger partial charge in [-0.3, -0.25) is 9.48 Å². The first-order valence-corrected chi connectivity index (χ1v) is 9.11. The van der Waals surface area contributed by atoms with Crippen LogP contribution in [0, 0.1) is 19.8 Å². The highest BCUT2D eigenvalue weighted by molar-refractivity contribution is 5.76. The second-order valence-electron chi connectivity index (χ2n) is 6.92. The summed E-state index contributed by atoms with van der Waals surface area (Å²) in [4.78, 5) is 14.6. The van der Waals surface area contributed by atoms with E-state index in [1.54, 1.807) is 11.8 Å². The minimum absolute atomic E-state index is 0.127. The topological polar surface area (TPSA) is 56.6 Å². The standard InChI is InChI=1S/C20H27N3O3/c1-15-10-16(2)23(21-15)13-20(24)22-9-5-6-17(12-22)14-26-19-8-4-7-18(11-19)25-3/h4,7-8,10-11,17H,5-6,9,12-14H2,1-3H3. The van der Waals surface area contributed by atoms with E-state index in [0.717, 1.165) is 48.8 Å². The number of piperidine rings is 1. The predicted octanol–water partition coefficient (Wildman–Crippen LogP) is 2.83. The SMILES string of the molecule is COc1cccc(OCC2CCCN(C(=O)Cn3nc(C)cc3C)C2)c1. The van der Waals surface area contributed by atoms with E-state index in [1.165, 1.54) is 0 Å². The molecule has 1 aromatic carbocycles. The van der Waals surface area contributed by atoms with Gasteiger partial charge in [0.15, 0.2) is 0 Å². The number of methoxy groups -OCH3 is 1. The number of likely N-dealkylation sites (tertiary alicyclic amines) is 1. The summed E-state index contributed by atoms with van der Waals surface area (Å²) in [6, 6.07) is 9.62. The summed E-state index contributed by atoms with van der Waals surface area (Å²) in [5.41, 5.74) is 1.96. The molecule has 0 N–H and O–H groups in total. The van der Waals surface area contributed by atoms with Crippen LogP contribution in [0.2, 0.25) is 0 Å². The van der Waals surface area contributed by atoms with Crippen molar-refractivity contribution in [1.82, 2.24) is 14.7 Å². The Hall–Kier alpha value is -2.50. The molecule has 1 aromatic heterocycles. The largest absolute Gasteiger partial charge is 0.497 e.